The zero-order valence-corrected chi connectivity index (χ0v) is 10.2. The third kappa shape index (κ3) is 2.19. The third-order valence-corrected chi connectivity index (χ3v) is 2.89. The van der Waals surface area contributed by atoms with Crippen LogP contribution in [0.2, 0.25) is 0 Å². The molecule has 1 atom stereocenters. The van der Waals surface area contributed by atoms with Gasteiger partial charge in [-0.3, -0.25) is 0 Å². The Morgan fingerprint density at radius 1 is 1.24 bits per heavy atom. The number of aliphatic hydroxyl groups is 1. The highest BCUT2D eigenvalue weighted by molar-refractivity contribution is 5.43. The van der Waals surface area contributed by atoms with Gasteiger partial charge in [0.2, 0.25) is 0 Å². The predicted octanol–water partition coefficient (Wildman–Crippen LogP) is 2.99. The fourth-order valence-corrected chi connectivity index (χ4v) is 1.93. The lowest BCUT2D eigenvalue weighted by molar-refractivity contribution is 0.188. The smallest absolute Gasteiger partial charge is 0.137 e. The van der Waals surface area contributed by atoms with Crippen molar-refractivity contribution in [2.45, 2.75) is 20.0 Å². The van der Waals surface area contributed by atoms with Crippen LogP contribution >= 0.6 is 0 Å². The average Bonchev–Trinajstić information content (AvgIpc) is 2.84. The molecule has 17 heavy (non-hydrogen) atoms. The minimum absolute atomic E-state index is 0.553. The molecule has 0 saturated heterocycles. The number of hydrogen-bond acceptors (Lipinski definition) is 3. The number of benzene rings is 1. The first kappa shape index (κ1) is 11.7. The Balaban J connectivity index is 2.42. The fourth-order valence-electron chi connectivity index (χ4n) is 1.93. The highest BCUT2D eigenvalue weighted by Crippen LogP contribution is 2.30. The van der Waals surface area contributed by atoms with Crippen LogP contribution in [-0.2, 0) is 0 Å². The van der Waals surface area contributed by atoms with Gasteiger partial charge in [0.15, 0.2) is 0 Å². The summed E-state index contributed by atoms with van der Waals surface area (Å²) in [5.74, 6) is 1.38. The van der Waals surface area contributed by atoms with Crippen molar-refractivity contribution in [3.63, 3.8) is 0 Å². The molecule has 2 aromatic rings. The van der Waals surface area contributed by atoms with Crippen LogP contribution in [-0.4, -0.2) is 12.2 Å². The molecule has 1 N–H and O–H groups in total. The Labute approximate surface area is 101 Å². The van der Waals surface area contributed by atoms with Crippen LogP contribution in [0.15, 0.2) is 34.9 Å². The van der Waals surface area contributed by atoms with Gasteiger partial charge in [-0.2, -0.15) is 0 Å². The van der Waals surface area contributed by atoms with E-state index in [1.165, 1.54) is 0 Å². The van der Waals surface area contributed by atoms with Gasteiger partial charge in [-0.25, -0.2) is 0 Å². The lowest BCUT2D eigenvalue weighted by atomic mass is 9.98. The maximum Gasteiger partial charge on any atom is 0.137 e. The van der Waals surface area contributed by atoms with Gasteiger partial charge in [-0.05, 0) is 54.8 Å². The molecule has 90 valence electrons. The van der Waals surface area contributed by atoms with E-state index in [0.29, 0.717) is 5.76 Å². The molecule has 1 heterocycles. The minimum atomic E-state index is -0.727. The van der Waals surface area contributed by atoms with E-state index in [4.69, 9.17) is 9.15 Å². The number of aryl methyl sites for hydroxylation is 2. The largest absolute Gasteiger partial charge is 0.496 e. The second kappa shape index (κ2) is 4.63. The molecular weight excluding hydrogens is 216 g/mol. The summed E-state index contributed by atoms with van der Waals surface area (Å²) in [5.41, 5.74) is 2.83. The molecule has 0 aliphatic rings. The summed E-state index contributed by atoms with van der Waals surface area (Å²) in [6, 6.07) is 7.39. The molecule has 0 fully saturated rings. The molecule has 0 bridgehead atoms. The third-order valence-electron chi connectivity index (χ3n) is 2.89. The minimum Gasteiger partial charge on any atom is -0.496 e. The van der Waals surface area contributed by atoms with E-state index in [9.17, 15) is 5.11 Å². The summed E-state index contributed by atoms with van der Waals surface area (Å²) >= 11 is 0. The van der Waals surface area contributed by atoms with E-state index < -0.39 is 6.10 Å². The normalized spacial score (nSPS) is 12.5. The fraction of sp³-hybridized carbons (Fsp3) is 0.286. The molecule has 0 aliphatic heterocycles. The second-order valence-corrected chi connectivity index (χ2v) is 4.10. The molecule has 1 unspecified atom stereocenters. The summed E-state index contributed by atoms with van der Waals surface area (Å²) in [4.78, 5) is 0. The Morgan fingerprint density at radius 3 is 2.59 bits per heavy atom. The van der Waals surface area contributed by atoms with Crippen molar-refractivity contribution < 1.29 is 14.3 Å². The number of rotatable bonds is 3. The Hall–Kier alpha value is -1.74. The number of furan rings is 1. The Morgan fingerprint density at radius 2 is 2.00 bits per heavy atom. The average molecular weight is 232 g/mol. The van der Waals surface area contributed by atoms with E-state index in [1.807, 2.05) is 26.0 Å². The molecule has 0 spiro atoms. The molecule has 3 heteroatoms. The molecule has 0 aliphatic carbocycles. The summed E-state index contributed by atoms with van der Waals surface area (Å²) < 4.78 is 10.5. The van der Waals surface area contributed by atoms with E-state index in [1.54, 1.807) is 25.5 Å². The van der Waals surface area contributed by atoms with Crippen molar-refractivity contribution >= 4 is 0 Å². The van der Waals surface area contributed by atoms with Crippen LogP contribution < -0.4 is 4.74 Å². The second-order valence-electron chi connectivity index (χ2n) is 4.10. The molecule has 1 aromatic heterocycles. The number of ether oxygens (including phenoxy) is 1. The van der Waals surface area contributed by atoms with Gasteiger partial charge in [-0.1, -0.05) is 0 Å². The van der Waals surface area contributed by atoms with Gasteiger partial charge in [-0.15, -0.1) is 0 Å². The van der Waals surface area contributed by atoms with Crippen LogP contribution in [0.3, 0.4) is 0 Å². The molecule has 3 nitrogen and oxygen atoms in total. The first-order chi connectivity index (χ1) is 8.13. The first-order valence-corrected chi connectivity index (χ1v) is 5.50. The first-order valence-electron chi connectivity index (χ1n) is 5.50. The topological polar surface area (TPSA) is 42.6 Å². The molecule has 0 radical (unpaired) electrons. The monoisotopic (exact) mass is 232 g/mol. The van der Waals surface area contributed by atoms with Gasteiger partial charge in [0.1, 0.15) is 17.6 Å². The van der Waals surface area contributed by atoms with Gasteiger partial charge in [0, 0.05) is 0 Å². The van der Waals surface area contributed by atoms with Gasteiger partial charge in [0.05, 0.1) is 13.4 Å². The van der Waals surface area contributed by atoms with Crippen LogP contribution in [0.4, 0.5) is 0 Å². The van der Waals surface area contributed by atoms with Crippen molar-refractivity contribution in [3.8, 4) is 5.75 Å². The number of hydrogen-bond donors (Lipinski definition) is 1. The molecule has 0 amide bonds. The molecular formula is C14H16O3. The van der Waals surface area contributed by atoms with Crippen molar-refractivity contribution in [2.75, 3.05) is 7.11 Å². The Kier molecular flexibility index (Phi) is 3.20. The van der Waals surface area contributed by atoms with Crippen LogP contribution in [0.25, 0.3) is 0 Å². The lowest BCUT2D eigenvalue weighted by Gasteiger charge is -2.14. The summed E-state index contributed by atoms with van der Waals surface area (Å²) in [7, 11) is 1.64. The van der Waals surface area contributed by atoms with Crippen molar-refractivity contribution in [1.82, 2.24) is 0 Å². The lowest BCUT2D eigenvalue weighted by Crippen LogP contribution is -2.02. The maximum atomic E-state index is 10.2. The van der Waals surface area contributed by atoms with Crippen LogP contribution in [0, 0.1) is 13.8 Å². The Bertz CT molecular complexity index is 500. The van der Waals surface area contributed by atoms with E-state index in [-0.39, 0.29) is 0 Å². The maximum absolute atomic E-state index is 10.2. The van der Waals surface area contributed by atoms with E-state index in [2.05, 4.69) is 0 Å². The van der Waals surface area contributed by atoms with Crippen LogP contribution in [0.5, 0.6) is 5.75 Å². The quantitative estimate of drug-likeness (QED) is 0.884. The van der Waals surface area contributed by atoms with Gasteiger partial charge < -0.3 is 14.3 Å². The highest BCUT2D eigenvalue weighted by Gasteiger charge is 2.17. The molecule has 0 saturated carbocycles. The zero-order chi connectivity index (χ0) is 12.4. The number of methoxy groups -OCH3 is 1. The molecule has 2 rings (SSSR count). The van der Waals surface area contributed by atoms with Crippen LogP contribution in [0.1, 0.15) is 28.6 Å². The zero-order valence-electron chi connectivity index (χ0n) is 10.2. The summed E-state index contributed by atoms with van der Waals surface area (Å²) in [5, 5.41) is 10.2. The summed E-state index contributed by atoms with van der Waals surface area (Å²) in [6.07, 6.45) is 0.833. The molecule has 1 aromatic carbocycles. The van der Waals surface area contributed by atoms with Crippen molar-refractivity contribution in [3.05, 3.63) is 53.0 Å². The summed E-state index contributed by atoms with van der Waals surface area (Å²) in [6.45, 7) is 3.90. The van der Waals surface area contributed by atoms with Gasteiger partial charge in [0.25, 0.3) is 0 Å². The standard InChI is InChI=1S/C14H16O3/c1-9-8-13(16-3)10(2)7-11(9)14(15)12-5-4-6-17-12/h4-8,14-15H,1-3H3. The predicted molar refractivity (Wildman–Crippen MR) is 65.2 cm³/mol. The van der Waals surface area contributed by atoms with Crippen molar-refractivity contribution in [1.29, 1.82) is 0 Å². The number of aliphatic hydroxyl groups excluding tert-OH is 1. The van der Waals surface area contributed by atoms with E-state index >= 15 is 0 Å². The van der Waals surface area contributed by atoms with E-state index in [0.717, 1.165) is 22.4 Å². The SMILES string of the molecule is COc1cc(C)c(C(O)c2ccco2)cc1C. The highest BCUT2D eigenvalue weighted by atomic mass is 16.5. The van der Waals surface area contributed by atoms with Gasteiger partial charge >= 0.3 is 0 Å². The van der Waals surface area contributed by atoms with Crippen molar-refractivity contribution in [2.24, 2.45) is 0 Å².